The van der Waals surface area contributed by atoms with E-state index in [1.807, 2.05) is 0 Å². The van der Waals surface area contributed by atoms with Crippen molar-refractivity contribution in [2.45, 2.75) is 19.4 Å². The van der Waals surface area contributed by atoms with Gasteiger partial charge in [0.05, 0.1) is 0 Å². The van der Waals surface area contributed by atoms with Crippen LogP contribution in [0.2, 0.25) is 5.54 Å². The van der Waals surface area contributed by atoms with Gasteiger partial charge in [-0.3, -0.25) is 0 Å². The summed E-state index contributed by atoms with van der Waals surface area (Å²) in [6, 6.07) is 0. The summed E-state index contributed by atoms with van der Waals surface area (Å²) in [4.78, 5) is 0. The van der Waals surface area contributed by atoms with Crippen molar-refractivity contribution in [1.29, 1.82) is 0 Å². The van der Waals surface area contributed by atoms with Crippen LogP contribution in [0, 0.1) is 0 Å². The Morgan fingerprint density at radius 1 is 1.57 bits per heavy atom. The van der Waals surface area contributed by atoms with Gasteiger partial charge in [0, 0.05) is 0 Å². The van der Waals surface area contributed by atoms with Crippen molar-refractivity contribution in [2.24, 2.45) is 0 Å². The van der Waals surface area contributed by atoms with Crippen LogP contribution < -0.4 is 18.9 Å². The monoisotopic (exact) mass is 120 g/mol. The van der Waals surface area contributed by atoms with Gasteiger partial charge in [0.1, 0.15) is 0 Å². The largest absolute Gasteiger partial charge is 1.00 e. The zero-order valence-corrected chi connectivity index (χ0v) is 7.02. The van der Waals surface area contributed by atoms with Crippen LogP contribution in [0.15, 0.2) is 0 Å². The minimum absolute atomic E-state index is 0. The molecular formula is C3H7LiNSi2. The number of nitrogens with zero attached hydrogens (tertiary/aromatic N) is 1. The number of rotatable bonds is 2. The normalized spacial score (nSPS) is 8.57. The summed E-state index contributed by atoms with van der Waals surface area (Å²) in [5, 5.41) is 0. The van der Waals surface area contributed by atoms with Crippen molar-refractivity contribution >= 4 is 20.1 Å². The Balaban J connectivity index is 0. The average molecular weight is 120 g/mol. The van der Waals surface area contributed by atoms with Gasteiger partial charge in [0.2, 0.25) is 0 Å². The van der Waals surface area contributed by atoms with Crippen LogP contribution in [-0.2, 0) is 0 Å². The van der Waals surface area contributed by atoms with Crippen molar-refractivity contribution in [2.75, 3.05) is 0 Å². The maximum absolute atomic E-state index is 3.77. The van der Waals surface area contributed by atoms with Crippen LogP contribution in [-0.4, -0.2) is 20.1 Å². The minimum atomic E-state index is 0. The van der Waals surface area contributed by atoms with E-state index in [-0.39, 0.29) is 18.9 Å². The molecule has 0 spiro atoms. The van der Waals surface area contributed by atoms with E-state index in [2.05, 4.69) is 28.9 Å². The summed E-state index contributed by atoms with van der Waals surface area (Å²) >= 11 is 0. The molecule has 0 saturated carbocycles. The van der Waals surface area contributed by atoms with Gasteiger partial charge in [0.25, 0.3) is 0 Å². The van der Waals surface area contributed by atoms with Crippen LogP contribution in [0.1, 0.15) is 13.8 Å². The number of hydrogen-bond donors (Lipinski definition) is 0. The van der Waals surface area contributed by atoms with Gasteiger partial charge in [-0.15, -0.1) is 9.68 Å². The molecule has 7 heavy (non-hydrogen) atoms. The van der Waals surface area contributed by atoms with Gasteiger partial charge in [-0.2, -0.15) is 10.4 Å². The minimum Gasteiger partial charge on any atom is -0.682 e. The maximum atomic E-state index is 3.77. The van der Waals surface area contributed by atoms with Crippen molar-refractivity contribution in [3.05, 3.63) is 4.65 Å². The Morgan fingerprint density at radius 2 is 2.00 bits per heavy atom. The molecule has 0 rings (SSSR count). The molecule has 4 heteroatoms. The zero-order chi connectivity index (χ0) is 4.99. The van der Waals surface area contributed by atoms with Crippen molar-refractivity contribution in [3.63, 3.8) is 0 Å². The standard InChI is InChI=1S/C3H7NSi2.Li/c1-3(2)6-4-5;/h3H,1-2H3;/q-1;+1. The first-order valence-electron chi connectivity index (χ1n) is 1.89. The van der Waals surface area contributed by atoms with Gasteiger partial charge >= 0.3 is 18.9 Å². The molecule has 0 heterocycles. The molecule has 0 N–H and O–H groups in total. The van der Waals surface area contributed by atoms with E-state index in [1.54, 1.807) is 0 Å². The molecule has 0 aliphatic rings. The summed E-state index contributed by atoms with van der Waals surface area (Å²) in [5.41, 5.74) is 0.711. The van der Waals surface area contributed by atoms with E-state index >= 15 is 0 Å². The molecule has 0 unspecified atom stereocenters. The molecule has 33 valence electrons. The van der Waals surface area contributed by atoms with E-state index < -0.39 is 0 Å². The summed E-state index contributed by atoms with van der Waals surface area (Å²) in [5.74, 6) is 0. The molecule has 0 aromatic carbocycles. The van der Waals surface area contributed by atoms with Gasteiger partial charge in [-0.05, 0) is 0 Å². The third kappa shape index (κ3) is 10.9. The topological polar surface area (TPSA) is 14.1 Å². The summed E-state index contributed by atoms with van der Waals surface area (Å²) in [6.45, 7) is 4.28. The van der Waals surface area contributed by atoms with Crippen LogP contribution >= 0.6 is 0 Å². The molecule has 0 amide bonds. The average Bonchev–Trinajstić information content (AvgIpc) is 1.35. The first kappa shape index (κ1) is 10.9. The van der Waals surface area contributed by atoms with Crippen molar-refractivity contribution in [3.8, 4) is 0 Å². The first-order chi connectivity index (χ1) is 2.77. The molecule has 0 aromatic rings. The third-order valence-electron chi connectivity index (χ3n) is 0.323. The molecule has 0 aromatic heterocycles. The van der Waals surface area contributed by atoms with Crippen molar-refractivity contribution < 1.29 is 18.9 Å². The van der Waals surface area contributed by atoms with E-state index in [4.69, 9.17) is 0 Å². The second-order valence-corrected chi connectivity index (χ2v) is 3.70. The smallest absolute Gasteiger partial charge is 0.682 e. The summed E-state index contributed by atoms with van der Waals surface area (Å²) < 4.78 is 3.77. The summed E-state index contributed by atoms with van der Waals surface area (Å²) in [7, 11) is 3.74. The molecular weight excluding hydrogens is 113 g/mol. The van der Waals surface area contributed by atoms with Gasteiger partial charge in [0.15, 0.2) is 0 Å². The van der Waals surface area contributed by atoms with Crippen LogP contribution in [0.5, 0.6) is 0 Å². The van der Waals surface area contributed by atoms with Gasteiger partial charge in [-0.1, -0.05) is 19.4 Å². The molecule has 0 aliphatic heterocycles. The summed E-state index contributed by atoms with van der Waals surface area (Å²) in [6.07, 6.45) is 0. The SMILES string of the molecule is CC(C)[Si][N-][Si].[Li+]. The van der Waals surface area contributed by atoms with E-state index in [1.165, 1.54) is 0 Å². The molecule has 0 saturated heterocycles. The van der Waals surface area contributed by atoms with E-state index in [9.17, 15) is 0 Å². The van der Waals surface area contributed by atoms with E-state index in [0.29, 0.717) is 15.2 Å². The Bertz CT molecular complexity index is 34.1. The van der Waals surface area contributed by atoms with E-state index in [0.717, 1.165) is 0 Å². The fraction of sp³-hybridized carbons (Fsp3) is 1.00. The fourth-order valence-corrected chi connectivity index (χ4v) is 1.16. The molecule has 0 aliphatic carbocycles. The second kappa shape index (κ2) is 6.99. The Morgan fingerprint density at radius 3 is 2.00 bits per heavy atom. The predicted octanol–water partition coefficient (Wildman–Crippen LogP) is -2.10. The molecule has 0 bridgehead atoms. The Kier molecular flexibility index (Phi) is 10.9. The fourth-order valence-electron chi connectivity index (χ4n) is 0.129. The van der Waals surface area contributed by atoms with Crippen LogP contribution in [0.4, 0.5) is 0 Å². The molecule has 1 nitrogen and oxygen atoms in total. The molecule has 5 radical (unpaired) electrons. The zero-order valence-electron chi connectivity index (χ0n) is 5.02. The van der Waals surface area contributed by atoms with Crippen LogP contribution in [0.3, 0.4) is 0 Å². The Hall–Kier alpha value is 0.991. The maximum Gasteiger partial charge on any atom is 1.00 e. The molecule has 0 atom stereocenters. The Labute approximate surface area is 63.2 Å². The number of hydrogen-bond acceptors (Lipinski definition) is 0. The van der Waals surface area contributed by atoms with Crippen LogP contribution in [0.25, 0.3) is 4.65 Å². The predicted molar refractivity (Wildman–Crippen MR) is 30.0 cm³/mol. The third-order valence-corrected chi connectivity index (χ3v) is 1.36. The second-order valence-electron chi connectivity index (χ2n) is 1.40. The molecule has 0 fully saturated rings. The first-order valence-corrected chi connectivity index (χ1v) is 3.36. The van der Waals surface area contributed by atoms with Gasteiger partial charge < -0.3 is 4.65 Å². The van der Waals surface area contributed by atoms with Gasteiger partial charge in [-0.25, -0.2) is 0 Å². The van der Waals surface area contributed by atoms with Crippen molar-refractivity contribution in [1.82, 2.24) is 0 Å². The quantitative estimate of drug-likeness (QED) is 0.371.